The van der Waals surface area contributed by atoms with Crippen molar-refractivity contribution >= 4 is 16.9 Å². The van der Waals surface area contributed by atoms with Crippen molar-refractivity contribution in [3.05, 3.63) is 59.0 Å². The van der Waals surface area contributed by atoms with Crippen LogP contribution < -0.4 is 0 Å². The lowest BCUT2D eigenvalue weighted by Crippen LogP contribution is -2.03. The van der Waals surface area contributed by atoms with E-state index in [-0.39, 0.29) is 18.0 Å². The Labute approximate surface area is 132 Å². The van der Waals surface area contributed by atoms with Crippen molar-refractivity contribution in [1.29, 1.82) is 0 Å². The maximum atomic E-state index is 13.5. The van der Waals surface area contributed by atoms with Crippen LogP contribution in [-0.4, -0.2) is 20.7 Å². The van der Waals surface area contributed by atoms with E-state index >= 15 is 0 Å². The Morgan fingerprint density at radius 3 is 2.57 bits per heavy atom. The van der Waals surface area contributed by atoms with E-state index in [4.69, 9.17) is 5.11 Å². The Hall–Kier alpha value is -2.82. The number of nitrogens with zero attached hydrogens (tertiary/aromatic N) is 1. The van der Waals surface area contributed by atoms with E-state index in [9.17, 15) is 14.3 Å². The van der Waals surface area contributed by atoms with Crippen molar-refractivity contribution in [2.45, 2.75) is 20.3 Å². The lowest BCUT2D eigenvalue weighted by atomic mass is 10.1. The van der Waals surface area contributed by atoms with Crippen LogP contribution in [0.2, 0.25) is 0 Å². The molecule has 0 saturated carbocycles. The molecule has 23 heavy (non-hydrogen) atoms. The summed E-state index contributed by atoms with van der Waals surface area (Å²) in [6, 6.07) is 9.63. The highest BCUT2D eigenvalue weighted by atomic mass is 19.1. The predicted octanol–water partition coefficient (Wildman–Crippen LogP) is 3.72. The molecule has 0 bridgehead atoms. The minimum Gasteiger partial charge on any atom is -0.508 e. The fourth-order valence-corrected chi connectivity index (χ4v) is 2.95. The van der Waals surface area contributed by atoms with Crippen molar-refractivity contribution in [2.75, 3.05) is 0 Å². The molecular weight excluding hydrogens is 297 g/mol. The van der Waals surface area contributed by atoms with Crippen LogP contribution >= 0.6 is 0 Å². The highest BCUT2D eigenvalue weighted by Gasteiger charge is 2.18. The molecule has 118 valence electrons. The molecule has 5 heteroatoms. The van der Waals surface area contributed by atoms with Gasteiger partial charge in [0.15, 0.2) is 0 Å². The van der Waals surface area contributed by atoms with E-state index in [0.29, 0.717) is 16.5 Å². The number of phenolic OH excluding ortho intramolecular Hbond substituents is 1. The number of halogens is 1. The molecule has 0 aliphatic rings. The third-order valence-electron chi connectivity index (χ3n) is 4.05. The lowest BCUT2D eigenvalue weighted by Gasteiger charge is -2.10. The van der Waals surface area contributed by atoms with E-state index in [1.54, 1.807) is 37.3 Å². The standard InChI is InChI=1S/C18H16FNO3/c1-10-7-12(3-5-16(10)19)20-11(2)14(9-18(22)23)15-8-13(21)4-6-17(15)20/h3-8,21H,9H2,1-2H3,(H,22,23). The van der Waals surface area contributed by atoms with Gasteiger partial charge in [-0.2, -0.15) is 0 Å². The molecule has 0 aliphatic heterocycles. The van der Waals surface area contributed by atoms with Crippen LogP contribution in [0.5, 0.6) is 5.75 Å². The Morgan fingerprint density at radius 1 is 1.17 bits per heavy atom. The van der Waals surface area contributed by atoms with Gasteiger partial charge in [-0.1, -0.05) is 0 Å². The summed E-state index contributed by atoms with van der Waals surface area (Å²) in [4.78, 5) is 11.2. The normalized spacial score (nSPS) is 11.1. The Balaban J connectivity index is 2.34. The molecule has 0 amide bonds. The van der Waals surface area contributed by atoms with E-state index < -0.39 is 5.97 Å². The molecule has 0 aliphatic carbocycles. The molecule has 0 unspecified atom stereocenters. The van der Waals surface area contributed by atoms with Crippen LogP contribution in [0.1, 0.15) is 16.8 Å². The number of hydrogen-bond donors (Lipinski definition) is 2. The third-order valence-corrected chi connectivity index (χ3v) is 4.05. The maximum Gasteiger partial charge on any atom is 0.307 e. The fraction of sp³-hybridized carbons (Fsp3) is 0.167. The molecule has 3 rings (SSSR count). The first-order chi connectivity index (χ1) is 10.9. The van der Waals surface area contributed by atoms with Crippen molar-refractivity contribution in [1.82, 2.24) is 4.57 Å². The highest BCUT2D eigenvalue weighted by molar-refractivity contribution is 5.91. The molecular formula is C18H16FNO3. The van der Waals surface area contributed by atoms with Crippen molar-refractivity contribution in [3.8, 4) is 11.4 Å². The summed E-state index contributed by atoms with van der Waals surface area (Å²) in [5.74, 6) is -1.14. The third kappa shape index (κ3) is 2.54. The number of fused-ring (bicyclic) bond motifs is 1. The number of carboxylic acid groups (broad SMARTS) is 1. The van der Waals surface area contributed by atoms with Gasteiger partial charge in [-0.3, -0.25) is 4.79 Å². The molecule has 2 N–H and O–H groups in total. The molecule has 0 radical (unpaired) electrons. The SMILES string of the molecule is Cc1cc(-n2c(C)c(CC(=O)O)c3cc(O)ccc32)ccc1F. The smallest absolute Gasteiger partial charge is 0.307 e. The summed E-state index contributed by atoms with van der Waals surface area (Å²) in [6.07, 6.45) is -0.140. The molecule has 1 heterocycles. The van der Waals surface area contributed by atoms with Gasteiger partial charge in [0, 0.05) is 16.8 Å². The number of aromatic hydroxyl groups is 1. The number of aryl methyl sites for hydroxylation is 1. The van der Waals surface area contributed by atoms with E-state index in [1.807, 2.05) is 11.5 Å². The zero-order valence-electron chi connectivity index (χ0n) is 12.8. The number of hydrogen-bond acceptors (Lipinski definition) is 2. The zero-order valence-corrected chi connectivity index (χ0v) is 12.8. The second-order valence-corrected chi connectivity index (χ2v) is 5.60. The Morgan fingerprint density at radius 2 is 1.91 bits per heavy atom. The lowest BCUT2D eigenvalue weighted by molar-refractivity contribution is -0.136. The van der Waals surface area contributed by atoms with Crippen LogP contribution in [0.3, 0.4) is 0 Å². The number of aromatic nitrogens is 1. The molecule has 0 spiro atoms. The molecule has 2 aromatic carbocycles. The summed E-state index contributed by atoms with van der Waals surface area (Å²) in [6.45, 7) is 3.51. The first-order valence-electron chi connectivity index (χ1n) is 7.19. The summed E-state index contributed by atoms with van der Waals surface area (Å²) < 4.78 is 15.4. The highest BCUT2D eigenvalue weighted by Crippen LogP contribution is 2.32. The minimum atomic E-state index is -0.939. The summed E-state index contributed by atoms with van der Waals surface area (Å²) in [5, 5.41) is 19.6. The summed E-state index contributed by atoms with van der Waals surface area (Å²) in [5.41, 5.74) is 3.46. The van der Waals surface area contributed by atoms with Crippen molar-refractivity contribution in [3.63, 3.8) is 0 Å². The Kier molecular flexibility index (Phi) is 3.56. The van der Waals surface area contributed by atoms with Crippen LogP contribution in [0.25, 0.3) is 16.6 Å². The molecule has 0 atom stereocenters. The average Bonchev–Trinajstić information content (AvgIpc) is 2.74. The molecule has 1 aromatic heterocycles. The topological polar surface area (TPSA) is 62.5 Å². The van der Waals surface area contributed by atoms with Crippen molar-refractivity contribution in [2.24, 2.45) is 0 Å². The van der Waals surface area contributed by atoms with Gasteiger partial charge in [-0.15, -0.1) is 0 Å². The van der Waals surface area contributed by atoms with E-state index in [1.165, 1.54) is 6.07 Å². The van der Waals surface area contributed by atoms with Crippen LogP contribution in [0.4, 0.5) is 4.39 Å². The maximum absolute atomic E-state index is 13.5. The quantitative estimate of drug-likeness (QED) is 0.774. The number of carboxylic acids is 1. The van der Waals surface area contributed by atoms with Gasteiger partial charge in [-0.05, 0) is 61.4 Å². The van der Waals surface area contributed by atoms with Gasteiger partial charge in [0.05, 0.1) is 11.9 Å². The van der Waals surface area contributed by atoms with Crippen molar-refractivity contribution < 1.29 is 19.4 Å². The van der Waals surface area contributed by atoms with Gasteiger partial charge in [0.25, 0.3) is 0 Å². The van der Waals surface area contributed by atoms with E-state index in [2.05, 4.69) is 0 Å². The van der Waals surface area contributed by atoms with Gasteiger partial charge >= 0.3 is 5.97 Å². The van der Waals surface area contributed by atoms with Crippen LogP contribution in [0.15, 0.2) is 36.4 Å². The first kappa shape index (κ1) is 15.1. The number of carbonyl (C=O) groups is 1. The number of benzene rings is 2. The molecule has 0 fully saturated rings. The van der Waals surface area contributed by atoms with Gasteiger partial charge in [0.1, 0.15) is 11.6 Å². The Bertz CT molecular complexity index is 928. The number of aliphatic carboxylic acids is 1. The van der Waals surface area contributed by atoms with Gasteiger partial charge in [0.2, 0.25) is 0 Å². The number of rotatable bonds is 3. The van der Waals surface area contributed by atoms with E-state index in [0.717, 1.165) is 16.9 Å². The van der Waals surface area contributed by atoms with Gasteiger partial charge < -0.3 is 14.8 Å². The average molecular weight is 313 g/mol. The zero-order chi connectivity index (χ0) is 16.7. The van der Waals surface area contributed by atoms with Crippen LogP contribution in [-0.2, 0) is 11.2 Å². The second-order valence-electron chi connectivity index (χ2n) is 5.60. The fourth-order valence-electron chi connectivity index (χ4n) is 2.95. The monoisotopic (exact) mass is 313 g/mol. The predicted molar refractivity (Wildman–Crippen MR) is 85.7 cm³/mol. The second kappa shape index (κ2) is 5.43. The largest absolute Gasteiger partial charge is 0.508 e. The minimum absolute atomic E-state index is 0.0802. The summed E-state index contributed by atoms with van der Waals surface area (Å²) in [7, 11) is 0. The molecule has 3 aromatic rings. The molecule has 0 saturated heterocycles. The molecule has 4 nitrogen and oxygen atoms in total. The number of phenols is 1. The van der Waals surface area contributed by atoms with Crippen LogP contribution in [0, 0.1) is 19.7 Å². The van der Waals surface area contributed by atoms with Gasteiger partial charge in [-0.25, -0.2) is 4.39 Å². The first-order valence-corrected chi connectivity index (χ1v) is 7.19. The summed E-state index contributed by atoms with van der Waals surface area (Å²) >= 11 is 0.